The third kappa shape index (κ3) is 5.17. The number of hydrogen-bond acceptors (Lipinski definition) is 9. The Bertz CT molecular complexity index is 1170. The van der Waals surface area contributed by atoms with Gasteiger partial charge < -0.3 is 14.5 Å². The Morgan fingerprint density at radius 2 is 1.68 bits per heavy atom. The van der Waals surface area contributed by atoms with E-state index < -0.39 is 10.8 Å². The normalized spacial score (nSPS) is 13.4. The van der Waals surface area contributed by atoms with Crippen molar-refractivity contribution >= 4 is 44.8 Å². The van der Waals surface area contributed by atoms with E-state index in [1.54, 1.807) is 31.4 Å². The molecule has 2 aromatic carbocycles. The molecule has 34 heavy (non-hydrogen) atoms. The smallest absolute Gasteiger partial charge is 0.355 e. The van der Waals surface area contributed by atoms with E-state index in [1.165, 1.54) is 6.33 Å². The Morgan fingerprint density at radius 1 is 1.03 bits per heavy atom. The summed E-state index contributed by atoms with van der Waals surface area (Å²) in [5.41, 5.74) is 6.19. The van der Waals surface area contributed by atoms with Gasteiger partial charge in [0.25, 0.3) is 5.91 Å². The molecule has 0 atom stereocenters. The van der Waals surface area contributed by atoms with E-state index in [0.717, 1.165) is 15.9 Å². The van der Waals surface area contributed by atoms with Crippen LogP contribution in [0.2, 0.25) is 0 Å². The summed E-state index contributed by atoms with van der Waals surface area (Å²) in [6.45, 7) is 2.40. The number of nitrogens with zero attached hydrogens (tertiary/aromatic N) is 5. The number of hydrazine groups is 1. The Morgan fingerprint density at radius 3 is 2.29 bits per heavy atom. The van der Waals surface area contributed by atoms with E-state index >= 15 is 0 Å². The summed E-state index contributed by atoms with van der Waals surface area (Å²) in [4.78, 5) is 35.9. The number of nitro groups is 1. The summed E-state index contributed by atoms with van der Waals surface area (Å²) in [6, 6.07) is 14.5. The Kier molecular flexibility index (Phi) is 7.07. The summed E-state index contributed by atoms with van der Waals surface area (Å²) >= 11 is 3.31. The van der Waals surface area contributed by atoms with Crippen LogP contribution in [-0.2, 0) is 0 Å². The summed E-state index contributed by atoms with van der Waals surface area (Å²) in [7, 11) is 1.62. The molecule has 0 unspecified atom stereocenters. The molecule has 1 fully saturated rings. The van der Waals surface area contributed by atoms with E-state index in [9.17, 15) is 14.9 Å². The predicted octanol–water partition coefficient (Wildman–Crippen LogP) is 3.24. The van der Waals surface area contributed by atoms with Crippen molar-refractivity contribution in [1.29, 1.82) is 0 Å². The fourth-order valence-electron chi connectivity index (χ4n) is 3.62. The number of nitrogens with one attached hydrogen (secondary N) is 2. The standard InChI is InChI=1S/C22H22BrN7O4/c1-34-18-8-6-17(7-9-18)28-10-12-29(13-11-28)21-19(30(32)33)20(24-14-25-21)26-27-22(31)15-2-4-16(23)5-3-15/h2-9,14H,10-13H2,1H3,(H,27,31)(H,24,25,26). The first kappa shape index (κ1) is 23.2. The van der Waals surface area contributed by atoms with Gasteiger partial charge >= 0.3 is 5.69 Å². The Hall–Kier alpha value is -3.93. The highest BCUT2D eigenvalue weighted by molar-refractivity contribution is 9.10. The van der Waals surface area contributed by atoms with Gasteiger partial charge in [-0.1, -0.05) is 15.9 Å². The number of ether oxygens (including phenoxy) is 1. The highest BCUT2D eigenvalue weighted by Gasteiger charge is 2.29. The number of aromatic nitrogens is 2. The summed E-state index contributed by atoms with van der Waals surface area (Å²) in [5.74, 6) is 0.453. The number of benzene rings is 2. The number of halogens is 1. The summed E-state index contributed by atoms with van der Waals surface area (Å²) < 4.78 is 6.04. The molecule has 3 aromatic rings. The molecule has 4 rings (SSSR count). The fraction of sp³-hybridized carbons (Fsp3) is 0.227. The van der Waals surface area contributed by atoms with Crippen LogP contribution in [-0.4, -0.2) is 54.1 Å². The number of hydrogen-bond donors (Lipinski definition) is 2. The second-order valence-corrected chi connectivity index (χ2v) is 8.33. The molecular weight excluding hydrogens is 506 g/mol. The molecule has 1 aliphatic rings. The molecule has 0 aliphatic carbocycles. The van der Waals surface area contributed by atoms with E-state index in [-0.39, 0.29) is 17.3 Å². The van der Waals surface area contributed by atoms with Crippen LogP contribution in [0.1, 0.15) is 10.4 Å². The number of carbonyl (C=O) groups excluding carboxylic acids is 1. The molecular formula is C22H22BrN7O4. The van der Waals surface area contributed by atoms with Crippen LogP contribution in [0.3, 0.4) is 0 Å². The van der Waals surface area contributed by atoms with Crippen molar-refractivity contribution in [3.63, 3.8) is 0 Å². The predicted molar refractivity (Wildman–Crippen MR) is 131 cm³/mol. The SMILES string of the molecule is COc1ccc(N2CCN(c3ncnc(NNC(=O)c4ccc(Br)cc4)c3[N+](=O)[O-])CC2)cc1. The molecule has 1 aromatic heterocycles. The van der Waals surface area contributed by atoms with Crippen molar-refractivity contribution in [2.75, 3.05) is 48.5 Å². The average Bonchev–Trinajstić information content (AvgIpc) is 2.87. The lowest BCUT2D eigenvalue weighted by molar-refractivity contribution is -0.383. The maximum Gasteiger partial charge on any atom is 0.355 e. The molecule has 2 heterocycles. The Labute approximate surface area is 204 Å². The molecule has 2 N–H and O–H groups in total. The quantitative estimate of drug-likeness (QED) is 0.351. The van der Waals surface area contributed by atoms with Gasteiger partial charge in [0, 0.05) is 41.9 Å². The van der Waals surface area contributed by atoms with Crippen molar-refractivity contribution in [2.45, 2.75) is 0 Å². The lowest BCUT2D eigenvalue weighted by atomic mass is 10.2. The number of carbonyl (C=O) groups is 1. The average molecular weight is 528 g/mol. The van der Waals surface area contributed by atoms with Crippen molar-refractivity contribution in [3.8, 4) is 5.75 Å². The van der Waals surface area contributed by atoms with Crippen molar-refractivity contribution < 1.29 is 14.5 Å². The lowest BCUT2D eigenvalue weighted by Crippen LogP contribution is -2.47. The zero-order valence-electron chi connectivity index (χ0n) is 18.3. The van der Waals surface area contributed by atoms with Gasteiger partial charge in [0.05, 0.1) is 12.0 Å². The number of piperazine rings is 1. The highest BCUT2D eigenvalue weighted by Crippen LogP contribution is 2.32. The minimum atomic E-state index is -0.542. The molecule has 0 saturated carbocycles. The first-order valence-electron chi connectivity index (χ1n) is 10.4. The topological polar surface area (TPSA) is 126 Å². The lowest BCUT2D eigenvalue weighted by Gasteiger charge is -2.36. The van der Waals surface area contributed by atoms with Gasteiger partial charge in [0.1, 0.15) is 12.1 Å². The van der Waals surface area contributed by atoms with Crippen molar-refractivity contribution in [2.24, 2.45) is 0 Å². The summed E-state index contributed by atoms with van der Waals surface area (Å²) in [6.07, 6.45) is 1.24. The first-order chi connectivity index (χ1) is 16.5. The molecule has 176 valence electrons. The number of rotatable bonds is 7. The van der Waals surface area contributed by atoms with Gasteiger partial charge in [0.2, 0.25) is 11.6 Å². The first-order valence-corrected chi connectivity index (χ1v) is 11.2. The van der Waals surface area contributed by atoms with Crippen molar-refractivity contribution in [1.82, 2.24) is 15.4 Å². The maximum atomic E-state index is 12.4. The van der Waals surface area contributed by atoms with Crippen molar-refractivity contribution in [3.05, 3.63) is 75.0 Å². The fourth-order valence-corrected chi connectivity index (χ4v) is 3.88. The van der Waals surface area contributed by atoms with E-state index in [4.69, 9.17) is 4.74 Å². The second kappa shape index (κ2) is 10.3. The molecule has 1 amide bonds. The van der Waals surface area contributed by atoms with Crippen LogP contribution in [0.4, 0.5) is 23.0 Å². The van der Waals surface area contributed by atoms with Crippen LogP contribution in [0.5, 0.6) is 5.75 Å². The van der Waals surface area contributed by atoms with Crippen LogP contribution in [0.15, 0.2) is 59.3 Å². The monoisotopic (exact) mass is 527 g/mol. The second-order valence-electron chi connectivity index (χ2n) is 7.41. The molecule has 1 saturated heterocycles. The largest absolute Gasteiger partial charge is 0.497 e. The molecule has 12 heteroatoms. The molecule has 0 bridgehead atoms. The van der Waals surface area contributed by atoms with Crippen LogP contribution in [0, 0.1) is 10.1 Å². The maximum absolute atomic E-state index is 12.4. The third-order valence-electron chi connectivity index (χ3n) is 5.40. The summed E-state index contributed by atoms with van der Waals surface area (Å²) in [5, 5.41) is 11.9. The van der Waals surface area contributed by atoms with E-state index in [1.807, 2.05) is 29.2 Å². The van der Waals surface area contributed by atoms with Crippen LogP contribution in [0.25, 0.3) is 0 Å². The zero-order valence-corrected chi connectivity index (χ0v) is 19.9. The minimum Gasteiger partial charge on any atom is -0.497 e. The van der Waals surface area contributed by atoms with Gasteiger partial charge in [-0.15, -0.1) is 0 Å². The third-order valence-corrected chi connectivity index (χ3v) is 5.93. The van der Waals surface area contributed by atoms with E-state index in [0.29, 0.717) is 31.7 Å². The molecule has 0 spiro atoms. The Balaban J connectivity index is 1.46. The van der Waals surface area contributed by atoms with Crippen LogP contribution >= 0.6 is 15.9 Å². The van der Waals surface area contributed by atoms with Gasteiger partial charge in [-0.05, 0) is 48.5 Å². The van der Waals surface area contributed by atoms with Gasteiger partial charge in [0.15, 0.2) is 0 Å². The molecule has 1 aliphatic heterocycles. The number of amides is 1. The molecule has 11 nitrogen and oxygen atoms in total. The van der Waals surface area contributed by atoms with Crippen LogP contribution < -0.4 is 25.4 Å². The highest BCUT2D eigenvalue weighted by atomic mass is 79.9. The number of anilines is 3. The molecule has 0 radical (unpaired) electrons. The number of methoxy groups -OCH3 is 1. The minimum absolute atomic E-state index is 0.0851. The van der Waals surface area contributed by atoms with Gasteiger partial charge in [-0.3, -0.25) is 25.8 Å². The van der Waals surface area contributed by atoms with E-state index in [2.05, 4.69) is 41.6 Å². The zero-order chi connectivity index (χ0) is 24.1. The van der Waals surface area contributed by atoms with Gasteiger partial charge in [-0.25, -0.2) is 9.97 Å². The van der Waals surface area contributed by atoms with Gasteiger partial charge in [-0.2, -0.15) is 0 Å².